The van der Waals surface area contributed by atoms with Crippen LogP contribution >= 0.6 is 22.9 Å². The van der Waals surface area contributed by atoms with Crippen LogP contribution in [0.5, 0.6) is 11.5 Å². The second kappa shape index (κ2) is 8.68. The van der Waals surface area contributed by atoms with Gasteiger partial charge in [0.05, 0.1) is 25.4 Å². The number of thiophene rings is 1. The van der Waals surface area contributed by atoms with E-state index in [-0.39, 0.29) is 16.9 Å². The van der Waals surface area contributed by atoms with Gasteiger partial charge in [0.2, 0.25) is 0 Å². The largest absolute Gasteiger partial charge is 0.507 e. The minimum Gasteiger partial charge on any atom is -0.507 e. The van der Waals surface area contributed by atoms with E-state index in [1.807, 2.05) is 24.4 Å². The van der Waals surface area contributed by atoms with Crippen molar-refractivity contribution in [3.8, 4) is 11.5 Å². The number of amides is 1. The Morgan fingerprint density at radius 2 is 1.88 bits per heavy atom. The van der Waals surface area contributed by atoms with Gasteiger partial charge in [-0.3, -0.25) is 14.5 Å². The summed E-state index contributed by atoms with van der Waals surface area (Å²) in [5.41, 5.74) is 1.59. The number of ether oxygens (including phenoxy) is 2. The lowest BCUT2D eigenvalue weighted by Gasteiger charge is -2.24. The molecule has 1 aromatic heterocycles. The number of anilines is 1. The molecule has 0 radical (unpaired) electrons. The highest BCUT2D eigenvalue weighted by atomic mass is 35.5. The van der Waals surface area contributed by atoms with E-state index >= 15 is 0 Å². The van der Waals surface area contributed by atoms with Crippen LogP contribution in [0.4, 0.5) is 5.69 Å². The van der Waals surface area contributed by atoms with Crippen LogP contribution < -0.4 is 14.4 Å². The molecule has 0 bridgehead atoms. The van der Waals surface area contributed by atoms with Crippen LogP contribution in [-0.2, 0) is 9.59 Å². The fraction of sp³-hybridized carbons (Fsp3) is 0.167. The van der Waals surface area contributed by atoms with Gasteiger partial charge in [-0.25, -0.2) is 0 Å². The fourth-order valence-corrected chi connectivity index (χ4v) is 4.68. The number of aliphatic hydroxyl groups is 1. The van der Waals surface area contributed by atoms with Crippen LogP contribution in [-0.4, -0.2) is 31.0 Å². The second-order valence-electron chi connectivity index (χ2n) is 7.18. The molecule has 0 saturated carbocycles. The average molecular weight is 470 g/mol. The molecule has 8 heteroatoms. The molecular weight excluding hydrogens is 450 g/mol. The first-order valence-corrected chi connectivity index (χ1v) is 11.0. The summed E-state index contributed by atoms with van der Waals surface area (Å²) >= 11 is 7.69. The van der Waals surface area contributed by atoms with Gasteiger partial charge in [0.15, 0.2) is 0 Å². The van der Waals surface area contributed by atoms with E-state index < -0.39 is 17.7 Å². The molecule has 6 nitrogen and oxygen atoms in total. The molecule has 1 amide bonds. The third kappa shape index (κ3) is 3.63. The Labute approximate surface area is 194 Å². The Hall–Kier alpha value is -3.29. The number of rotatable bonds is 5. The number of ketones is 1. The molecule has 2 aromatic carbocycles. The quantitative estimate of drug-likeness (QED) is 0.309. The molecule has 0 spiro atoms. The highest BCUT2D eigenvalue weighted by Crippen LogP contribution is 2.45. The summed E-state index contributed by atoms with van der Waals surface area (Å²) in [6, 6.07) is 12.9. The number of hydrogen-bond donors (Lipinski definition) is 1. The van der Waals surface area contributed by atoms with Gasteiger partial charge in [0.25, 0.3) is 11.7 Å². The van der Waals surface area contributed by atoms with Gasteiger partial charge in [0.1, 0.15) is 23.3 Å². The predicted molar refractivity (Wildman–Crippen MR) is 125 cm³/mol. The Morgan fingerprint density at radius 1 is 1.09 bits per heavy atom. The predicted octanol–water partition coefficient (Wildman–Crippen LogP) is 5.35. The minimum atomic E-state index is -0.805. The molecule has 0 aliphatic carbocycles. The number of carbonyl (C=O) groups is 2. The third-order valence-electron chi connectivity index (χ3n) is 5.35. The molecule has 32 heavy (non-hydrogen) atoms. The zero-order chi connectivity index (χ0) is 23.0. The third-order valence-corrected chi connectivity index (χ3v) is 6.69. The van der Waals surface area contributed by atoms with Crippen molar-refractivity contribution in [2.45, 2.75) is 13.0 Å². The molecule has 164 valence electrons. The maximum absolute atomic E-state index is 13.2. The summed E-state index contributed by atoms with van der Waals surface area (Å²) in [6.45, 7) is 1.85. The lowest BCUT2D eigenvalue weighted by Crippen LogP contribution is -2.29. The van der Waals surface area contributed by atoms with Gasteiger partial charge < -0.3 is 14.6 Å². The molecule has 2 heterocycles. The van der Waals surface area contributed by atoms with Crippen LogP contribution in [0.3, 0.4) is 0 Å². The molecule has 1 saturated heterocycles. The number of methoxy groups -OCH3 is 2. The summed E-state index contributed by atoms with van der Waals surface area (Å²) < 4.78 is 10.6. The van der Waals surface area contributed by atoms with Gasteiger partial charge >= 0.3 is 0 Å². The number of nitrogens with zero attached hydrogens (tertiary/aromatic N) is 1. The van der Waals surface area contributed by atoms with Crippen molar-refractivity contribution in [2.75, 3.05) is 19.1 Å². The van der Waals surface area contributed by atoms with Crippen molar-refractivity contribution in [3.63, 3.8) is 0 Å². The van der Waals surface area contributed by atoms with E-state index in [0.717, 1.165) is 10.4 Å². The number of benzene rings is 2. The first-order chi connectivity index (χ1) is 15.4. The molecule has 1 fully saturated rings. The minimum absolute atomic E-state index is 0.0161. The monoisotopic (exact) mass is 469 g/mol. The van der Waals surface area contributed by atoms with E-state index in [2.05, 4.69) is 0 Å². The number of carbonyl (C=O) groups excluding carboxylic acids is 2. The zero-order valence-electron chi connectivity index (χ0n) is 17.6. The van der Waals surface area contributed by atoms with Crippen molar-refractivity contribution >= 4 is 46.1 Å². The van der Waals surface area contributed by atoms with Crippen molar-refractivity contribution in [1.82, 2.24) is 0 Å². The smallest absolute Gasteiger partial charge is 0.300 e. The maximum atomic E-state index is 13.2. The molecule has 1 unspecified atom stereocenters. The van der Waals surface area contributed by atoms with Gasteiger partial charge in [-0.1, -0.05) is 23.7 Å². The van der Waals surface area contributed by atoms with Crippen molar-refractivity contribution in [3.05, 3.63) is 80.5 Å². The summed E-state index contributed by atoms with van der Waals surface area (Å²) in [5, 5.41) is 13.6. The summed E-state index contributed by atoms with van der Waals surface area (Å²) in [5.74, 6) is -0.992. The van der Waals surface area contributed by atoms with Crippen LogP contribution in [0.25, 0.3) is 5.76 Å². The fourth-order valence-electron chi connectivity index (χ4n) is 3.69. The second-order valence-corrected chi connectivity index (χ2v) is 8.57. The molecule has 1 aliphatic rings. The van der Waals surface area contributed by atoms with E-state index in [0.29, 0.717) is 22.2 Å². The van der Waals surface area contributed by atoms with Crippen LogP contribution in [0.1, 0.15) is 22.0 Å². The van der Waals surface area contributed by atoms with Gasteiger partial charge in [-0.05, 0) is 48.2 Å². The molecule has 1 aliphatic heterocycles. The number of aryl methyl sites for hydroxylation is 1. The lowest BCUT2D eigenvalue weighted by molar-refractivity contribution is -0.132. The molecule has 3 aromatic rings. The van der Waals surface area contributed by atoms with E-state index in [4.69, 9.17) is 21.1 Å². The Morgan fingerprint density at radius 3 is 2.50 bits per heavy atom. The van der Waals surface area contributed by atoms with E-state index in [1.54, 1.807) is 36.4 Å². The van der Waals surface area contributed by atoms with Crippen LogP contribution in [0.2, 0.25) is 5.02 Å². The van der Waals surface area contributed by atoms with Gasteiger partial charge in [-0.2, -0.15) is 0 Å². The summed E-state index contributed by atoms with van der Waals surface area (Å²) in [4.78, 5) is 28.4. The van der Waals surface area contributed by atoms with E-state index in [9.17, 15) is 14.7 Å². The lowest BCUT2D eigenvalue weighted by atomic mass is 9.99. The van der Waals surface area contributed by atoms with Crippen LogP contribution in [0.15, 0.2) is 59.5 Å². The van der Waals surface area contributed by atoms with Crippen molar-refractivity contribution in [2.24, 2.45) is 0 Å². The first-order valence-electron chi connectivity index (χ1n) is 9.70. The highest BCUT2D eigenvalue weighted by Gasteiger charge is 2.47. The number of hydrogen-bond acceptors (Lipinski definition) is 6. The molecule has 4 rings (SSSR count). The standard InChI is InChI=1S/C24H20ClNO5S/c1-13-6-7-14(11-17(13)25)26-21(19-5-4-10-32-19)20(23(28)24(26)29)22(27)16-9-8-15(30-2)12-18(16)31-3/h4-12,21,27H,1-3H3/b22-20-. The van der Waals surface area contributed by atoms with Crippen molar-refractivity contribution < 1.29 is 24.2 Å². The van der Waals surface area contributed by atoms with Gasteiger partial charge in [0, 0.05) is 21.7 Å². The number of halogens is 1. The Kier molecular flexibility index (Phi) is 5.95. The average Bonchev–Trinajstić information content (AvgIpc) is 3.42. The molecular formula is C24H20ClNO5S. The topological polar surface area (TPSA) is 76.1 Å². The Bertz CT molecular complexity index is 1240. The summed E-state index contributed by atoms with van der Waals surface area (Å²) in [6.07, 6.45) is 0. The Balaban J connectivity index is 1.94. The number of aliphatic hydroxyl groups excluding tert-OH is 1. The highest BCUT2D eigenvalue weighted by molar-refractivity contribution is 7.10. The number of Topliss-reactive ketones (excluding diaryl/α,β-unsaturated/α-hetero) is 1. The zero-order valence-corrected chi connectivity index (χ0v) is 19.2. The molecule has 1 atom stereocenters. The van der Waals surface area contributed by atoms with Gasteiger partial charge in [-0.15, -0.1) is 11.3 Å². The normalized spacial score (nSPS) is 17.6. The SMILES string of the molecule is COc1ccc(/C(O)=C2/C(=O)C(=O)N(c3ccc(C)c(Cl)c3)C2c2cccs2)c(OC)c1. The first kappa shape index (κ1) is 21.9. The molecule has 1 N–H and O–H groups in total. The maximum Gasteiger partial charge on any atom is 0.300 e. The van der Waals surface area contributed by atoms with Crippen LogP contribution in [0, 0.1) is 6.92 Å². The summed E-state index contributed by atoms with van der Waals surface area (Å²) in [7, 11) is 2.97. The van der Waals surface area contributed by atoms with E-state index in [1.165, 1.54) is 30.5 Å². The van der Waals surface area contributed by atoms with Crippen molar-refractivity contribution in [1.29, 1.82) is 0 Å².